The second kappa shape index (κ2) is 6.07. The van der Waals surface area contributed by atoms with Crippen LogP contribution in [0.15, 0.2) is 6.07 Å². The second-order valence-corrected chi connectivity index (χ2v) is 7.34. The van der Waals surface area contributed by atoms with E-state index >= 15 is 0 Å². The zero-order valence-corrected chi connectivity index (χ0v) is 14.3. The normalized spacial score (nSPS) is 21.0. The van der Waals surface area contributed by atoms with Gasteiger partial charge in [0.2, 0.25) is 5.28 Å². The SMILES string of the molecule is CCC1CN(C)CCCN1c1nc(Cl)nc2sc(C)cc12. The fraction of sp³-hybridized carbons (Fsp3) is 0.600. The highest BCUT2D eigenvalue weighted by atomic mass is 35.5. The summed E-state index contributed by atoms with van der Waals surface area (Å²) in [5, 5.41) is 1.50. The monoisotopic (exact) mass is 324 g/mol. The number of aryl methyl sites for hydroxylation is 1. The smallest absolute Gasteiger partial charge is 0.225 e. The van der Waals surface area contributed by atoms with Gasteiger partial charge in [0, 0.05) is 24.0 Å². The molecular weight excluding hydrogens is 304 g/mol. The Bertz CT molecular complexity index is 642. The minimum absolute atomic E-state index is 0.354. The maximum absolute atomic E-state index is 6.16. The van der Waals surface area contributed by atoms with Crippen LogP contribution < -0.4 is 4.90 Å². The Hall–Kier alpha value is -0.910. The summed E-state index contributed by atoms with van der Waals surface area (Å²) >= 11 is 7.85. The Morgan fingerprint density at radius 3 is 2.95 bits per heavy atom. The highest BCUT2D eigenvalue weighted by Gasteiger charge is 2.25. The van der Waals surface area contributed by atoms with Gasteiger partial charge in [0.25, 0.3) is 0 Å². The quantitative estimate of drug-likeness (QED) is 0.790. The standard InChI is InChI=1S/C15H21ClN4S/c1-4-11-9-19(3)6-5-7-20(11)13-12-8-10(2)21-14(12)18-15(16)17-13/h8,11H,4-7,9H2,1-3H3. The van der Waals surface area contributed by atoms with Gasteiger partial charge >= 0.3 is 0 Å². The molecule has 1 unspecified atom stereocenters. The average molecular weight is 325 g/mol. The lowest BCUT2D eigenvalue weighted by Gasteiger charge is -2.31. The number of aromatic nitrogens is 2. The van der Waals surface area contributed by atoms with Crippen LogP contribution in [0.2, 0.25) is 5.28 Å². The van der Waals surface area contributed by atoms with Gasteiger partial charge < -0.3 is 9.80 Å². The Labute approximate surface area is 134 Å². The molecule has 1 aliphatic heterocycles. The van der Waals surface area contributed by atoms with Gasteiger partial charge in [0.15, 0.2) is 0 Å². The first-order chi connectivity index (χ1) is 10.1. The van der Waals surface area contributed by atoms with Gasteiger partial charge in [-0.3, -0.25) is 0 Å². The number of likely N-dealkylation sites (N-methyl/N-ethyl adjacent to an activating group) is 1. The predicted molar refractivity (Wildman–Crippen MR) is 90.7 cm³/mol. The minimum Gasteiger partial charge on any atom is -0.352 e. The number of thiophene rings is 1. The van der Waals surface area contributed by atoms with E-state index in [1.54, 1.807) is 11.3 Å². The van der Waals surface area contributed by atoms with Crippen LogP contribution in [0.1, 0.15) is 24.6 Å². The Kier molecular flexibility index (Phi) is 4.33. The molecule has 2 aromatic heterocycles. The van der Waals surface area contributed by atoms with Crippen molar-refractivity contribution in [2.75, 3.05) is 31.6 Å². The Morgan fingerprint density at radius 2 is 2.19 bits per heavy atom. The number of halogens is 1. The number of hydrogen-bond donors (Lipinski definition) is 0. The Morgan fingerprint density at radius 1 is 1.38 bits per heavy atom. The lowest BCUT2D eigenvalue weighted by Crippen LogP contribution is -2.40. The summed E-state index contributed by atoms with van der Waals surface area (Å²) in [7, 11) is 2.20. The summed E-state index contributed by atoms with van der Waals surface area (Å²) in [5.41, 5.74) is 0. The molecule has 3 heterocycles. The molecule has 1 atom stereocenters. The molecule has 1 aliphatic rings. The Balaban J connectivity index is 2.08. The van der Waals surface area contributed by atoms with Gasteiger partial charge in [-0.2, -0.15) is 4.98 Å². The van der Waals surface area contributed by atoms with Crippen LogP contribution in [0.4, 0.5) is 5.82 Å². The molecule has 114 valence electrons. The molecule has 0 amide bonds. The van der Waals surface area contributed by atoms with Gasteiger partial charge in [-0.25, -0.2) is 4.98 Å². The molecule has 1 saturated heterocycles. The van der Waals surface area contributed by atoms with Crippen molar-refractivity contribution in [2.45, 2.75) is 32.7 Å². The van der Waals surface area contributed by atoms with E-state index in [1.807, 2.05) is 0 Å². The second-order valence-electron chi connectivity index (χ2n) is 5.76. The zero-order chi connectivity index (χ0) is 15.0. The number of anilines is 1. The van der Waals surface area contributed by atoms with Crippen molar-refractivity contribution in [3.63, 3.8) is 0 Å². The van der Waals surface area contributed by atoms with Crippen molar-refractivity contribution in [2.24, 2.45) is 0 Å². The molecular formula is C15H21ClN4S. The molecule has 0 saturated carbocycles. The minimum atomic E-state index is 0.354. The van der Waals surface area contributed by atoms with Gasteiger partial charge in [0.05, 0.1) is 5.39 Å². The molecule has 0 spiro atoms. The summed E-state index contributed by atoms with van der Waals surface area (Å²) in [6, 6.07) is 2.67. The van der Waals surface area contributed by atoms with Crippen molar-refractivity contribution in [3.05, 3.63) is 16.2 Å². The molecule has 0 radical (unpaired) electrons. The molecule has 0 N–H and O–H groups in total. The topological polar surface area (TPSA) is 32.3 Å². The maximum atomic E-state index is 6.16. The van der Waals surface area contributed by atoms with Crippen LogP contribution in [-0.4, -0.2) is 47.6 Å². The fourth-order valence-corrected chi connectivity index (χ4v) is 4.18. The third kappa shape index (κ3) is 3.00. The highest BCUT2D eigenvalue weighted by Crippen LogP contribution is 2.33. The fourth-order valence-electron chi connectivity index (χ4n) is 3.09. The van der Waals surface area contributed by atoms with E-state index in [1.165, 1.54) is 4.88 Å². The first-order valence-corrected chi connectivity index (χ1v) is 8.66. The predicted octanol–water partition coefficient (Wildman–Crippen LogP) is 3.57. The summed E-state index contributed by atoms with van der Waals surface area (Å²) in [4.78, 5) is 16.0. The van der Waals surface area contributed by atoms with E-state index in [-0.39, 0.29) is 0 Å². The first-order valence-electron chi connectivity index (χ1n) is 7.47. The van der Waals surface area contributed by atoms with E-state index < -0.39 is 0 Å². The van der Waals surface area contributed by atoms with Gasteiger partial charge in [-0.15, -0.1) is 11.3 Å². The van der Waals surface area contributed by atoms with E-state index in [9.17, 15) is 0 Å². The van der Waals surface area contributed by atoms with Crippen LogP contribution in [0.3, 0.4) is 0 Å². The van der Waals surface area contributed by atoms with Crippen molar-refractivity contribution in [1.82, 2.24) is 14.9 Å². The van der Waals surface area contributed by atoms with Crippen LogP contribution in [0.25, 0.3) is 10.2 Å². The van der Waals surface area contributed by atoms with Crippen LogP contribution in [0, 0.1) is 6.92 Å². The number of rotatable bonds is 2. The van der Waals surface area contributed by atoms with E-state index in [0.29, 0.717) is 11.3 Å². The average Bonchev–Trinajstić information content (AvgIpc) is 2.69. The number of nitrogens with zero attached hydrogens (tertiary/aromatic N) is 4. The molecule has 1 fully saturated rings. The molecule has 6 heteroatoms. The van der Waals surface area contributed by atoms with E-state index in [2.05, 4.69) is 46.7 Å². The summed E-state index contributed by atoms with van der Waals surface area (Å²) < 4.78 is 0. The number of hydrogen-bond acceptors (Lipinski definition) is 5. The van der Waals surface area contributed by atoms with E-state index in [4.69, 9.17) is 11.6 Å². The van der Waals surface area contributed by atoms with Gasteiger partial charge in [-0.05, 0) is 51.0 Å². The molecule has 0 aromatic carbocycles. The van der Waals surface area contributed by atoms with Crippen LogP contribution >= 0.6 is 22.9 Å². The van der Waals surface area contributed by atoms with Crippen molar-refractivity contribution in [1.29, 1.82) is 0 Å². The third-order valence-corrected chi connectivity index (χ3v) is 5.23. The molecule has 0 aliphatic carbocycles. The van der Waals surface area contributed by atoms with Gasteiger partial charge in [-0.1, -0.05) is 6.92 Å². The molecule has 4 nitrogen and oxygen atoms in total. The maximum Gasteiger partial charge on any atom is 0.225 e. The lowest BCUT2D eigenvalue weighted by atomic mass is 10.1. The van der Waals surface area contributed by atoms with E-state index in [0.717, 1.165) is 48.5 Å². The summed E-state index contributed by atoms with van der Waals surface area (Å²) in [5.74, 6) is 1.01. The first kappa shape index (κ1) is 15.0. The molecule has 3 rings (SSSR count). The number of fused-ring (bicyclic) bond motifs is 1. The zero-order valence-electron chi connectivity index (χ0n) is 12.8. The van der Waals surface area contributed by atoms with Gasteiger partial charge in [0.1, 0.15) is 10.6 Å². The molecule has 2 aromatic rings. The molecule has 21 heavy (non-hydrogen) atoms. The van der Waals surface area contributed by atoms with Crippen molar-refractivity contribution < 1.29 is 0 Å². The lowest BCUT2D eigenvalue weighted by molar-refractivity contribution is 0.328. The van der Waals surface area contributed by atoms with Crippen LogP contribution in [-0.2, 0) is 0 Å². The van der Waals surface area contributed by atoms with Crippen molar-refractivity contribution in [3.8, 4) is 0 Å². The summed E-state index contributed by atoms with van der Waals surface area (Å²) in [6.45, 7) is 7.59. The third-order valence-electron chi connectivity index (χ3n) is 4.11. The summed E-state index contributed by atoms with van der Waals surface area (Å²) in [6.07, 6.45) is 2.26. The largest absolute Gasteiger partial charge is 0.352 e. The highest BCUT2D eigenvalue weighted by molar-refractivity contribution is 7.18. The van der Waals surface area contributed by atoms with Crippen LogP contribution in [0.5, 0.6) is 0 Å². The molecule has 0 bridgehead atoms. The van der Waals surface area contributed by atoms with Crippen molar-refractivity contribution >= 4 is 39.0 Å².